The van der Waals surface area contributed by atoms with Crippen LogP contribution in [-0.2, 0) is 4.84 Å². The number of ether oxygens (including phenoxy) is 2. The smallest absolute Gasteiger partial charge is 0.166 e. The predicted octanol–water partition coefficient (Wildman–Crippen LogP) is 2.76. The SMILES string of the molecule is CCCC1Oc2c(OC)cc(C)cc2C1NOC. The van der Waals surface area contributed by atoms with Crippen LogP contribution in [0.25, 0.3) is 0 Å². The van der Waals surface area contributed by atoms with Crippen LogP contribution in [-0.4, -0.2) is 20.3 Å². The summed E-state index contributed by atoms with van der Waals surface area (Å²) < 4.78 is 11.4. The molecule has 1 aromatic carbocycles. The third-order valence-corrected chi connectivity index (χ3v) is 3.24. The van der Waals surface area contributed by atoms with Crippen molar-refractivity contribution in [2.75, 3.05) is 14.2 Å². The van der Waals surface area contributed by atoms with Crippen molar-refractivity contribution in [3.8, 4) is 11.5 Å². The summed E-state index contributed by atoms with van der Waals surface area (Å²) in [6, 6.07) is 4.19. The number of hydrogen-bond donors (Lipinski definition) is 1. The van der Waals surface area contributed by atoms with E-state index < -0.39 is 0 Å². The Labute approximate surface area is 108 Å². The third kappa shape index (κ3) is 2.31. The Morgan fingerprint density at radius 2 is 2.11 bits per heavy atom. The Morgan fingerprint density at radius 1 is 1.33 bits per heavy atom. The van der Waals surface area contributed by atoms with E-state index in [1.54, 1.807) is 14.2 Å². The number of hydroxylamine groups is 1. The summed E-state index contributed by atoms with van der Waals surface area (Å²) in [7, 11) is 3.30. The molecule has 0 saturated carbocycles. The average molecular weight is 251 g/mol. The second-order valence-corrected chi connectivity index (χ2v) is 4.63. The van der Waals surface area contributed by atoms with Crippen LogP contribution in [0, 0.1) is 6.92 Å². The molecule has 1 aliphatic rings. The summed E-state index contributed by atoms with van der Waals surface area (Å²) in [5, 5.41) is 0. The summed E-state index contributed by atoms with van der Waals surface area (Å²) in [5.74, 6) is 1.64. The van der Waals surface area contributed by atoms with Gasteiger partial charge < -0.3 is 14.3 Å². The molecule has 2 atom stereocenters. The van der Waals surface area contributed by atoms with Crippen LogP contribution in [0.5, 0.6) is 11.5 Å². The van der Waals surface area contributed by atoms with Crippen LogP contribution in [0.15, 0.2) is 12.1 Å². The van der Waals surface area contributed by atoms with E-state index in [2.05, 4.69) is 25.4 Å². The summed E-state index contributed by atoms with van der Waals surface area (Å²) in [6.07, 6.45) is 2.15. The molecule has 4 heteroatoms. The van der Waals surface area contributed by atoms with E-state index in [0.29, 0.717) is 0 Å². The van der Waals surface area contributed by atoms with Gasteiger partial charge in [0.1, 0.15) is 6.10 Å². The molecule has 0 amide bonds. The topological polar surface area (TPSA) is 39.7 Å². The van der Waals surface area contributed by atoms with Crippen molar-refractivity contribution in [2.45, 2.75) is 38.8 Å². The zero-order valence-corrected chi connectivity index (χ0v) is 11.4. The molecule has 0 saturated heterocycles. The highest BCUT2D eigenvalue weighted by molar-refractivity contribution is 5.53. The van der Waals surface area contributed by atoms with Gasteiger partial charge in [-0.2, -0.15) is 5.48 Å². The van der Waals surface area contributed by atoms with Gasteiger partial charge in [-0.3, -0.25) is 0 Å². The van der Waals surface area contributed by atoms with Crippen molar-refractivity contribution in [1.29, 1.82) is 0 Å². The summed E-state index contributed by atoms with van der Waals surface area (Å²) in [4.78, 5) is 5.10. The first-order chi connectivity index (χ1) is 8.71. The number of aryl methyl sites for hydroxylation is 1. The Morgan fingerprint density at radius 3 is 2.72 bits per heavy atom. The fourth-order valence-corrected chi connectivity index (χ4v) is 2.47. The molecule has 0 radical (unpaired) electrons. The van der Waals surface area contributed by atoms with E-state index in [0.717, 1.165) is 35.5 Å². The van der Waals surface area contributed by atoms with Crippen molar-refractivity contribution in [3.05, 3.63) is 23.3 Å². The number of rotatable bonds is 5. The van der Waals surface area contributed by atoms with Crippen LogP contribution < -0.4 is 15.0 Å². The number of nitrogens with one attached hydrogen (secondary N) is 1. The maximum atomic E-state index is 6.02. The van der Waals surface area contributed by atoms with E-state index >= 15 is 0 Å². The molecule has 100 valence electrons. The van der Waals surface area contributed by atoms with Gasteiger partial charge in [0.05, 0.1) is 20.3 Å². The first kappa shape index (κ1) is 13.2. The zero-order chi connectivity index (χ0) is 13.1. The number of benzene rings is 1. The number of methoxy groups -OCH3 is 1. The molecule has 4 nitrogen and oxygen atoms in total. The summed E-state index contributed by atoms with van der Waals surface area (Å²) in [5.41, 5.74) is 5.31. The van der Waals surface area contributed by atoms with Crippen LogP contribution >= 0.6 is 0 Å². The molecule has 2 rings (SSSR count). The van der Waals surface area contributed by atoms with Crippen molar-refractivity contribution in [2.24, 2.45) is 0 Å². The van der Waals surface area contributed by atoms with Gasteiger partial charge in [-0.05, 0) is 25.0 Å². The third-order valence-electron chi connectivity index (χ3n) is 3.24. The maximum absolute atomic E-state index is 6.02. The monoisotopic (exact) mass is 251 g/mol. The van der Waals surface area contributed by atoms with Gasteiger partial charge in [-0.15, -0.1) is 0 Å². The first-order valence-corrected chi connectivity index (χ1v) is 6.35. The quantitative estimate of drug-likeness (QED) is 0.817. The zero-order valence-electron chi connectivity index (χ0n) is 11.4. The molecule has 18 heavy (non-hydrogen) atoms. The first-order valence-electron chi connectivity index (χ1n) is 6.35. The minimum absolute atomic E-state index is 0.0683. The lowest BCUT2D eigenvalue weighted by atomic mass is 9.99. The van der Waals surface area contributed by atoms with E-state index in [9.17, 15) is 0 Å². The van der Waals surface area contributed by atoms with Gasteiger partial charge >= 0.3 is 0 Å². The highest BCUT2D eigenvalue weighted by atomic mass is 16.6. The van der Waals surface area contributed by atoms with Crippen molar-refractivity contribution < 1.29 is 14.3 Å². The molecule has 0 aromatic heterocycles. The Bertz CT molecular complexity index is 420. The van der Waals surface area contributed by atoms with Gasteiger partial charge in [0.15, 0.2) is 11.5 Å². The van der Waals surface area contributed by atoms with Crippen molar-refractivity contribution >= 4 is 0 Å². The van der Waals surface area contributed by atoms with Gasteiger partial charge in [0, 0.05) is 5.56 Å². The number of fused-ring (bicyclic) bond motifs is 1. The molecule has 0 aliphatic carbocycles. The minimum Gasteiger partial charge on any atom is -0.493 e. The van der Waals surface area contributed by atoms with Crippen LogP contribution in [0.1, 0.15) is 36.9 Å². The fraction of sp³-hybridized carbons (Fsp3) is 0.571. The second-order valence-electron chi connectivity index (χ2n) is 4.63. The Balaban J connectivity index is 2.38. The van der Waals surface area contributed by atoms with E-state index in [4.69, 9.17) is 14.3 Å². The largest absolute Gasteiger partial charge is 0.493 e. The lowest BCUT2D eigenvalue weighted by Crippen LogP contribution is -2.30. The minimum atomic E-state index is 0.0683. The Hall–Kier alpha value is -1.26. The van der Waals surface area contributed by atoms with E-state index in [-0.39, 0.29) is 12.1 Å². The molecular weight excluding hydrogens is 230 g/mol. The highest BCUT2D eigenvalue weighted by Gasteiger charge is 2.36. The maximum Gasteiger partial charge on any atom is 0.166 e. The number of hydrogen-bond acceptors (Lipinski definition) is 4. The molecule has 1 aliphatic heterocycles. The van der Waals surface area contributed by atoms with Gasteiger partial charge in [0.2, 0.25) is 0 Å². The van der Waals surface area contributed by atoms with Gasteiger partial charge in [0.25, 0.3) is 0 Å². The van der Waals surface area contributed by atoms with Crippen molar-refractivity contribution in [1.82, 2.24) is 5.48 Å². The van der Waals surface area contributed by atoms with E-state index in [1.165, 1.54) is 0 Å². The average Bonchev–Trinajstić information content (AvgIpc) is 2.68. The molecule has 2 unspecified atom stereocenters. The summed E-state index contributed by atoms with van der Waals surface area (Å²) in [6.45, 7) is 4.21. The standard InChI is InChI=1S/C14H21NO3/c1-5-6-11-13(15-17-4)10-7-9(2)8-12(16-3)14(10)18-11/h7-8,11,13,15H,5-6H2,1-4H3. The Kier molecular flexibility index (Phi) is 4.09. The van der Waals surface area contributed by atoms with E-state index in [1.807, 2.05) is 6.07 Å². The molecule has 1 heterocycles. The van der Waals surface area contributed by atoms with Crippen LogP contribution in [0.2, 0.25) is 0 Å². The lowest BCUT2D eigenvalue weighted by Gasteiger charge is -2.18. The van der Waals surface area contributed by atoms with Gasteiger partial charge in [-0.1, -0.05) is 19.4 Å². The highest BCUT2D eigenvalue weighted by Crippen LogP contribution is 2.45. The molecule has 1 N–H and O–H groups in total. The van der Waals surface area contributed by atoms with Gasteiger partial charge in [-0.25, -0.2) is 0 Å². The lowest BCUT2D eigenvalue weighted by molar-refractivity contribution is 0.0266. The molecule has 0 fully saturated rings. The second kappa shape index (κ2) is 5.59. The molecular formula is C14H21NO3. The van der Waals surface area contributed by atoms with Crippen molar-refractivity contribution in [3.63, 3.8) is 0 Å². The summed E-state index contributed by atoms with van der Waals surface area (Å²) >= 11 is 0. The van der Waals surface area contributed by atoms with Crippen LogP contribution in [0.4, 0.5) is 0 Å². The molecule has 0 spiro atoms. The van der Waals surface area contributed by atoms with Crippen LogP contribution in [0.3, 0.4) is 0 Å². The molecule has 1 aromatic rings. The predicted molar refractivity (Wildman–Crippen MR) is 69.9 cm³/mol. The molecule has 0 bridgehead atoms. The fourth-order valence-electron chi connectivity index (χ4n) is 2.47. The normalized spacial score (nSPS) is 21.6.